The third-order valence-electron chi connectivity index (χ3n) is 1.65. The maximum absolute atomic E-state index is 10.6. The maximum atomic E-state index is 10.6. The Labute approximate surface area is 70.7 Å². The van der Waals surface area contributed by atoms with Gasteiger partial charge in [0.05, 0.1) is 5.54 Å². The lowest BCUT2D eigenvalue weighted by atomic mass is 9.95. The van der Waals surface area contributed by atoms with Crippen LogP contribution in [0.2, 0.25) is 0 Å². The van der Waals surface area contributed by atoms with Gasteiger partial charge in [-0.1, -0.05) is 0 Å². The normalized spacial score (nSPS) is 15.2. The highest BCUT2D eigenvalue weighted by molar-refractivity contribution is 5.83. The molecular weight excluding hydrogens is 160 g/mol. The van der Waals surface area contributed by atoms with E-state index in [1.165, 1.54) is 6.92 Å². The number of carbonyl (C=O) groups is 2. The summed E-state index contributed by atoms with van der Waals surface area (Å²) in [5, 5.41) is 8.29. The predicted molar refractivity (Wildman–Crippen MR) is 43.3 cm³/mol. The van der Waals surface area contributed by atoms with Gasteiger partial charge >= 0.3 is 5.97 Å². The van der Waals surface area contributed by atoms with E-state index in [4.69, 9.17) is 16.6 Å². The molecule has 0 rings (SSSR count). The average molecular weight is 174 g/mol. The van der Waals surface area contributed by atoms with E-state index in [-0.39, 0.29) is 6.42 Å². The van der Waals surface area contributed by atoms with Crippen LogP contribution in [0.15, 0.2) is 0 Å². The minimum Gasteiger partial charge on any atom is -0.481 e. The van der Waals surface area contributed by atoms with Crippen LogP contribution >= 0.6 is 0 Å². The summed E-state index contributed by atoms with van der Waals surface area (Å²) in [7, 11) is 0. The van der Waals surface area contributed by atoms with Crippen molar-refractivity contribution in [3.05, 3.63) is 0 Å². The highest BCUT2D eigenvalue weighted by Crippen LogP contribution is 2.09. The summed E-state index contributed by atoms with van der Waals surface area (Å²) in [6.07, 6.45) is 0.681. The Hall–Kier alpha value is -1.10. The van der Waals surface area contributed by atoms with Crippen LogP contribution in [0, 0.1) is 0 Å². The van der Waals surface area contributed by atoms with Gasteiger partial charge in [0.2, 0.25) is 5.91 Å². The predicted octanol–water partition coefficient (Wildman–Crippen LogP) is -0.556. The molecule has 0 bridgehead atoms. The monoisotopic (exact) mass is 174 g/mol. The van der Waals surface area contributed by atoms with Crippen molar-refractivity contribution in [3.8, 4) is 0 Å². The van der Waals surface area contributed by atoms with E-state index in [2.05, 4.69) is 0 Å². The minimum absolute atomic E-state index is 0.0140. The molecule has 1 unspecified atom stereocenters. The van der Waals surface area contributed by atoms with E-state index in [1.807, 2.05) is 0 Å². The third kappa shape index (κ3) is 3.92. The number of rotatable bonds is 5. The van der Waals surface area contributed by atoms with E-state index in [0.29, 0.717) is 12.8 Å². The number of amides is 1. The smallest absolute Gasteiger partial charge is 0.303 e. The lowest BCUT2D eigenvalue weighted by Gasteiger charge is -2.19. The molecule has 5 heteroatoms. The molecule has 0 heterocycles. The Balaban J connectivity index is 3.76. The molecule has 0 aliphatic carbocycles. The van der Waals surface area contributed by atoms with Crippen molar-refractivity contribution in [1.82, 2.24) is 0 Å². The SMILES string of the molecule is CC(N)(CCCC(=O)O)C(N)=O. The first-order chi connectivity index (χ1) is 5.36. The first-order valence-electron chi connectivity index (χ1n) is 3.67. The van der Waals surface area contributed by atoms with E-state index < -0.39 is 17.4 Å². The minimum atomic E-state index is -1.09. The molecule has 5 N–H and O–H groups in total. The number of carbonyl (C=O) groups excluding carboxylic acids is 1. The fourth-order valence-electron chi connectivity index (χ4n) is 0.730. The van der Waals surface area contributed by atoms with Gasteiger partial charge in [-0.2, -0.15) is 0 Å². The third-order valence-corrected chi connectivity index (χ3v) is 1.65. The number of primary amides is 1. The zero-order valence-electron chi connectivity index (χ0n) is 7.04. The number of carboxylic acids is 1. The summed E-state index contributed by atoms with van der Waals surface area (Å²) < 4.78 is 0. The van der Waals surface area contributed by atoms with Crippen molar-refractivity contribution in [2.45, 2.75) is 31.7 Å². The van der Waals surface area contributed by atoms with Gasteiger partial charge in [-0.3, -0.25) is 9.59 Å². The van der Waals surface area contributed by atoms with Crippen LogP contribution in [0.5, 0.6) is 0 Å². The standard InChI is InChI=1S/C7H14N2O3/c1-7(9,6(8)12)4-2-3-5(10)11/h2-4,9H2,1H3,(H2,8,12)(H,10,11). The molecule has 0 aliphatic heterocycles. The van der Waals surface area contributed by atoms with Gasteiger partial charge in [-0.25, -0.2) is 0 Å². The van der Waals surface area contributed by atoms with Gasteiger partial charge in [-0.05, 0) is 19.8 Å². The molecule has 0 saturated carbocycles. The second-order valence-electron chi connectivity index (χ2n) is 3.03. The van der Waals surface area contributed by atoms with E-state index in [9.17, 15) is 9.59 Å². The van der Waals surface area contributed by atoms with Crippen LogP contribution in [0.3, 0.4) is 0 Å². The van der Waals surface area contributed by atoms with Gasteiger partial charge in [-0.15, -0.1) is 0 Å². The van der Waals surface area contributed by atoms with Crippen LogP contribution in [-0.2, 0) is 9.59 Å². The number of hydrogen-bond acceptors (Lipinski definition) is 3. The highest BCUT2D eigenvalue weighted by atomic mass is 16.4. The number of hydrogen-bond donors (Lipinski definition) is 3. The summed E-state index contributed by atoms with van der Waals surface area (Å²) in [5.74, 6) is -1.50. The van der Waals surface area contributed by atoms with E-state index in [1.54, 1.807) is 0 Å². The molecule has 1 atom stereocenters. The van der Waals surface area contributed by atoms with Crippen LogP contribution in [0.25, 0.3) is 0 Å². The summed E-state index contributed by atoms with van der Waals surface area (Å²) in [6.45, 7) is 1.50. The van der Waals surface area contributed by atoms with Crippen molar-refractivity contribution in [2.24, 2.45) is 11.5 Å². The molecule has 0 spiro atoms. The van der Waals surface area contributed by atoms with Gasteiger partial charge in [0, 0.05) is 6.42 Å². The molecule has 0 aromatic heterocycles. The Morgan fingerprint density at radius 1 is 1.50 bits per heavy atom. The molecule has 0 saturated heterocycles. The second kappa shape index (κ2) is 4.06. The van der Waals surface area contributed by atoms with Crippen molar-refractivity contribution < 1.29 is 14.7 Å². The Bertz CT molecular complexity index is 189. The molecule has 70 valence electrons. The number of aliphatic carboxylic acids is 1. The average Bonchev–Trinajstić information content (AvgIpc) is 1.85. The van der Waals surface area contributed by atoms with Gasteiger partial charge < -0.3 is 16.6 Å². The molecule has 0 aromatic carbocycles. The largest absolute Gasteiger partial charge is 0.481 e. The van der Waals surface area contributed by atoms with Crippen molar-refractivity contribution in [2.75, 3.05) is 0 Å². The molecule has 0 fully saturated rings. The molecule has 1 amide bonds. The number of nitrogens with two attached hydrogens (primary N) is 2. The fourth-order valence-corrected chi connectivity index (χ4v) is 0.730. The molecule has 0 radical (unpaired) electrons. The molecule has 0 aliphatic rings. The molecule has 0 aromatic rings. The summed E-state index contributed by atoms with van der Waals surface area (Å²) in [4.78, 5) is 20.7. The fraction of sp³-hybridized carbons (Fsp3) is 0.714. The quantitative estimate of drug-likeness (QED) is 0.519. The highest BCUT2D eigenvalue weighted by Gasteiger charge is 2.24. The Kier molecular flexibility index (Phi) is 3.69. The van der Waals surface area contributed by atoms with E-state index in [0.717, 1.165) is 0 Å². The second-order valence-corrected chi connectivity index (χ2v) is 3.03. The topological polar surface area (TPSA) is 106 Å². The number of carboxylic acid groups (broad SMARTS) is 1. The lowest BCUT2D eigenvalue weighted by Crippen LogP contribution is -2.49. The van der Waals surface area contributed by atoms with Crippen LogP contribution in [-0.4, -0.2) is 22.5 Å². The van der Waals surface area contributed by atoms with Crippen molar-refractivity contribution in [3.63, 3.8) is 0 Å². The lowest BCUT2D eigenvalue weighted by molar-refractivity contribution is -0.137. The van der Waals surface area contributed by atoms with Crippen LogP contribution in [0.4, 0.5) is 0 Å². The molecule has 12 heavy (non-hydrogen) atoms. The van der Waals surface area contributed by atoms with Gasteiger partial charge in [0.1, 0.15) is 0 Å². The van der Waals surface area contributed by atoms with Crippen LogP contribution < -0.4 is 11.5 Å². The van der Waals surface area contributed by atoms with Gasteiger partial charge in [0.25, 0.3) is 0 Å². The van der Waals surface area contributed by atoms with Crippen molar-refractivity contribution in [1.29, 1.82) is 0 Å². The summed E-state index contributed by atoms with van der Waals surface area (Å²) in [6, 6.07) is 0. The van der Waals surface area contributed by atoms with Crippen LogP contribution in [0.1, 0.15) is 26.2 Å². The summed E-state index contributed by atoms with van der Waals surface area (Å²) >= 11 is 0. The first-order valence-corrected chi connectivity index (χ1v) is 3.67. The summed E-state index contributed by atoms with van der Waals surface area (Å²) in [5.41, 5.74) is 9.37. The first kappa shape index (κ1) is 10.9. The Morgan fingerprint density at radius 3 is 2.33 bits per heavy atom. The molecule has 5 nitrogen and oxygen atoms in total. The van der Waals surface area contributed by atoms with Crippen molar-refractivity contribution >= 4 is 11.9 Å². The van der Waals surface area contributed by atoms with E-state index >= 15 is 0 Å². The molecular formula is C7H14N2O3. The Morgan fingerprint density at radius 2 is 2.00 bits per heavy atom. The zero-order valence-corrected chi connectivity index (χ0v) is 7.04. The van der Waals surface area contributed by atoms with Gasteiger partial charge in [0.15, 0.2) is 0 Å². The zero-order chi connectivity index (χ0) is 9.78. The maximum Gasteiger partial charge on any atom is 0.303 e.